The molecular formula is C65H44N2OS. The van der Waals surface area contributed by atoms with Gasteiger partial charge in [-0.25, -0.2) is 0 Å². The van der Waals surface area contributed by atoms with Crippen molar-refractivity contribution in [3.63, 3.8) is 0 Å². The van der Waals surface area contributed by atoms with E-state index in [2.05, 4.69) is 242 Å². The van der Waals surface area contributed by atoms with Gasteiger partial charge >= 0.3 is 0 Å². The minimum atomic E-state index is -0.122. The van der Waals surface area contributed by atoms with Gasteiger partial charge in [0.15, 0.2) is 0 Å². The van der Waals surface area contributed by atoms with Gasteiger partial charge in [-0.2, -0.15) is 0 Å². The van der Waals surface area contributed by atoms with Crippen molar-refractivity contribution >= 4 is 109 Å². The van der Waals surface area contributed by atoms with Crippen LogP contribution in [0.4, 0.5) is 34.1 Å². The number of benzene rings is 11. The van der Waals surface area contributed by atoms with Gasteiger partial charge < -0.3 is 14.2 Å². The summed E-state index contributed by atoms with van der Waals surface area (Å²) in [5.41, 5.74) is 16.2. The van der Waals surface area contributed by atoms with Crippen molar-refractivity contribution in [2.75, 3.05) is 9.80 Å². The summed E-state index contributed by atoms with van der Waals surface area (Å²) in [6, 6.07) is 84.5. The van der Waals surface area contributed by atoms with E-state index in [1.54, 1.807) is 0 Å². The Balaban J connectivity index is 0.982. The van der Waals surface area contributed by atoms with Crippen LogP contribution in [-0.4, -0.2) is 0 Å². The molecule has 0 N–H and O–H groups in total. The molecular weight excluding hydrogens is 857 g/mol. The van der Waals surface area contributed by atoms with Crippen LogP contribution in [0, 0.1) is 0 Å². The Hall–Kier alpha value is -8.44. The molecule has 0 spiro atoms. The van der Waals surface area contributed by atoms with Crippen LogP contribution < -0.4 is 9.80 Å². The lowest BCUT2D eigenvalue weighted by Crippen LogP contribution is -2.16. The molecule has 3 nitrogen and oxygen atoms in total. The minimum Gasteiger partial charge on any atom is -0.456 e. The largest absolute Gasteiger partial charge is 0.456 e. The van der Waals surface area contributed by atoms with Crippen LogP contribution in [-0.2, 0) is 5.41 Å². The normalized spacial score (nSPS) is 12.9. The number of hydrogen-bond acceptors (Lipinski definition) is 4. The molecule has 11 aromatic carbocycles. The predicted molar refractivity (Wildman–Crippen MR) is 294 cm³/mol. The topological polar surface area (TPSA) is 19.6 Å². The fourth-order valence-corrected chi connectivity index (χ4v) is 12.7. The number of furan rings is 1. The van der Waals surface area contributed by atoms with E-state index in [1.165, 1.54) is 75.1 Å². The number of thiophene rings is 1. The van der Waals surface area contributed by atoms with Gasteiger partial charge in [-0.1, -0.05) is 166 Å². The second-order valence-electron chi connectivity index (χ2n) is 18.8. The highest BCUT2D eigenvalue weighted by molar-refractivity contribution is 7.26. The number of para-hydroxylation sites is 2. The molecule has 0 aliphatic heterocycles. The first kappa shape index (κ1) is 39.7. The van der Waals surface area contributed by atoms with Crippen LogP contribution >= 0.6 is 11.3 Å². The molecule has 0 saturated carbocycles. The molecule has 2 aromatic heterocycles. The lowest BCUT2D eigenvalue weighted by molar-refractivity contribution is 0.662. The van der Waals surface area contributed by atoms with E-state index < -0.39 is 0 Å². The number of nitrogens with zero attached hydrogens (tertiary/aromatic N) is 2. The monoisotopic (exact) mass is 900 g/mol. The van der Waals surface area contributed by atoms with Crippen LogP contribution in [0.1, 0.15) is 25.0 Å². The predicted octanol–water partition coefficient (Wildman–Crippen LogP) is 19.2. The van der Waals surface area contributed by atoms with E-state index in [9.17, 15) is 0 Å². The van der Waals surface area contributed by atoms with E-state index in [0.717, 1.165) is 56.1 Å². The Morgan fingerprint density at radius 3 is 1.87 bits per heavy atom. The molecule has 4 heteroatoms. The highest BCUT2D eigenvalue weighted by atomic mass is 32.1. The maximum atomic E-state index is 6.30. The standard InChI is InChI=1S/C65H44N2OS/c1-65(2)57-26-11-8-20-49(57)53-24-14-23-48(63(53)65)41-30-32-44(33-31-41)67(58-27-15-25-54-52-22-10-13-29-62(52)69-64(54)58)59-38-42-16-6-7-19-47(42)55-39-45(34-36-50(55)59)66(43-17-4-3-5-18-43)46-35-37-61-56(40-46)51-21-9-12-28-60(51)68-61/h3-40H,1-2H3. The van der Waals surface area contributed by atoms with Crippen molar-refractivity contribution in [3.05, 3.63) is 242 Å². The summed E-state index contributed by atoms with van der Waals surface area (Å²) in [7, 11) is 0. The fourth-order valence-electron chi connectivity index (χ4n) is 11.5. The van der Waals surface area contributed by atoms with Crippen LogP contribution in [0.15, 0.2) is 235 Å². The Bertz CT molecular complexity index is 4180. The number of anilines is 6. The molecule has 0 radical (unpaired) electrons. The fraction of sp³-hybridized carbons (Fsp3) is 0.0462. The van der Waals surface area contributed by atoms with Gasteiger partial charge in [0.2, 0.25) is 0 Å². The second kappa shape index (κ2) is 15.3. The zero-order valence-corrected chi connectivity index (χ0v) is 39.0. The van der Waals surface area contributed by atoms with Gasteiger partial charge in [0.25, 0.3) is 0 Å². The van der Waals surface area contributed by atoms with Gasteiger partial charge in [-0.15, -0.1) is 11.3 Å². The van der Waals surface area contributed by atoms with E-state index in [-0.39, 0.29) is 5.41 Å². The van der Waals surface area contributed by atoms with E-state index in [4.69, 9.17) is 4.42 Å². The summed E-state index contributed by atoms with van der Waals surface area (Å²) >= 11 is 1.87. The molecule has 0 amide bonds. The molecule has 69 heavy (non-hydrogen) atoms. The van der Waals surface area contributed by atoms with E-state index in [0.29, 0.717) is 0 Å². The molecule has 326 valence electrons. The van der Waals surface area contributed by atoms with E-state index in [1.807, 2.05) is 23.5 Å². The second-order valence-corrected chi connectivity index (χ2v) is 19.9. The SMILES string of the molecule is CC1(C)c2ccccc2-c2cccc(-c3ccc(N(c4cc5ccccc5c5cc(N(c6ccccc6)c6ccc7oc8ccccc8c7c6)ccc45)c4cccc5c4sc4ccccc45)cc3)c21. The van der Waals surface area contributed by atoms with Gasteiger partial charge in [-0.3, -0.25) is 0 Å². The van der Waals surface area contributed by atoms with Crippen LogP contribution in [0.2, 0.25) is 0 Å². The molecule has 13 aromatic rings. The lowest BCUT2D eigenvalue weighted by Gasteiger charge is -2.30. The van der Waals surface area contributed by atoms with Crippen molar-refractivity contribution in [1.29, 1.82) is 0 Å². The highest BCUT2D eigenvalue weighted by Gasteiger charge is 2.37. The average Bonchev–Trinajstić information content (AvgIpc) is 4.05. The summed E-state index contributed by atoms with van der Waals surface area (Å²) in [4.78, 5) is 4.88. The van der Waals surface area contributed by atoms with Crippen molar-refractivity contribution in [2.45, 2.75) is 19.3 Å². The summed E-state index contributed by atoms with van der Waals surface area (Å²) in [6.45, 7) is 4.75. The van der Waals surface area contributed by atoms with Gasteiger partial charge in [0, 0.05) is 59.8 Å². The van der Waals surface area contributed by atoms with E-state index >= 15 is 0 Å². The average molecular weight is 901 g/mol. The summed E-state index contributed by atoms with van der Waals surface area (Å²) in [5, 5.41) is 9.50. The smallest absolute Gasteiger partial charge is 0.135 e. The van der Waals surface area contributed by atoms with Gasteiger partial charge in [0.1, 0.15) is 11.2 Å². The first-order valence-corrected chi connectivity index (χ1v) is 24.6. The molecule has 0 fully saturated rings. The molecule has 0 unspecified atom stereocenters. The van der Waals surface area contributed by atoms with Gasteiger partial charge in [-0.05, 0) is 128 Å². The van der Waals surface area contributed by atoms with Crippen molar-refractivity contribution in [2.24, 2.45) is 0 Å². The number of hydrogen-bond donors (Lipinski definition) is 0. The highest BCUT2D eigenvalue weighted by Crippen LogP contribution is 2.53. The van der Waals surface area contributed by atoms with Crippen LogP contribution in [0.25, 0.3) is 85.9 Å². The van der Waals surface area contributed by atoms with Crippen molar-refractivity contribution in [3.8, 4) is 22.3 Å². The molecule has 1 aliphatic rings. The Morgan fingerprint density at radius 2 is 1.00 bits per heavy atom. The van der Waals surface area contributed by atoms with Crippen molar-refractivity contribution in [1.82, 2.24) is 0 Å². The summed E-state index contributed by atoms with van der Waals surface area (Å²) < 4.78 is 8.85. The third kappa shape index (κ3) is 6.12. The Labute approximate surface area is 404 Å². The maximum absolute atomic E-state index is 6.30. The first-order chi connectivity index (χ1) is 34.0. The van der Waals surface area contributed by atoms with Crippen LogP contribution in [0.3, 0.4) is 0 Å². The minimum absolute atomic E-state index is 0.122. The third-order valence-corrected chi connectivity index (χ3v) is 15.8. The van der Waals surface area contributed by atoms with Crippen LogP contribution in [0.5, 0.6) is 0 Å². The number of fused-ring (bicyclic) bond motifs is 12. The van der Waals surface area contributed by atoms with Crippen molar-refractivity contribution < 1.29 is 4.42 Å². The molecule has 14 rings (SSSR count). The Kier molecular flexibility index (Phi) is 8.80. The molecule has 1 aliphatic carbocycles. The zero-order valence-electron chi connectivity index (χ0n) is 38.2. The third-order valence-electron chi connectivity index (χ3n) is 14.6. The molecule has 0 bridgehead atoms. The summed E-state index contributed by atoms with van der Waals surface area (Å²) in [6.07, 6.45) is 0. The Morgan fingerprint density at radius 1 is 0.377 bits per heavy atom. The summed E-state index contributed by atoms with van der Waals surface area (Å²) in [5.74, 6) is 0. The van der Waals surface area contributed by atoms with Gasteiger partial charge in [0.05, 0.1) is 16.1 Å². The molecule has 0 atom stereocenters. The molecule has 2 heterocycles. The zero-order chi connectivity index (χ0) is 45.8. The molecule has 0 saturated heterocycles. The quantitative estimate of drug-likeness (QED) is 0.149. The number of rotatable bonds is 7. The first-order valence-electron chi connectivity index (χ1n) is 23.7. The maximum Gasteiger partial charge on any atom is 0.135 e. The lowest BCUT2D eigenvalue weighted by atomic mass is 9.79.